The van der Waals surface area contributed by atoms with Gasteiger partial charge in [0.05, 0.1) is 6.20 Å². The molecule has 2 aliphatic rings. The Morgan fingerprint density at radius 1 is 1.00 bits per heavy atom. The van der Waals surface area contributed by atoms with Crippen LogP contribution in [0.2, 0.25) is 0 Å². The van der Waals surface area contributed by atoms with E-state index in [-0.39, 0.29) is 11.7 Å². The molecule has 0 unspecified atom stereocenters. The van der Waals surface area contributed by atoms with E-state index in [9.17, 15) is 9.59 Å². The zero-order valence-electron chi connectivity index (χ0n) is 15.8. The van der Waals surface area contributed by atoms with Gasteiger partial charge >= 0.3 is 0 Å². The number of aromatic nitrogens is 1. The molecule has 1 saturated heterocycles. The van der Waals surface area contributed by atoms with Crippen molar-refractivity contribution in [2.75, 3.05) is 13.1 Å². The molecule has 3 rings (SSSR count). The number of carbonyl (C=O) groups excluding carboxylic acids is 2. The number of oxazole rings is 1. The predicted molar refractivity (Wildman–Crippen MR) is 99.8 cm³/mol. The summed E-state index contributed by atoms with van der Waals surface area (Å²) in [4.78, 5) is 30.3. The Morgan fingerprint density at radius 3 is 2.42 bits per heavy atom. The molecule has 1 aromatic heterocycles. The van der Waals surface area contributed by atoms with Crippen LogP contribution in [-0.4, -0.2) is 34.7 Å². The first kappa shape index (κ1) is 19.1. The van der Waals surface area contributed by atoms with Crippen LogP contribution >= 0.6 is 0 Å². The number of amides is 1. The lowest BCUT2D eigenvalue weighted by molar-refractivity contribution is -0.133. The van der Waals surface area contributed by atoms with Gasteiger partial charge < -0.3 is 9.32 Å². The van der Waals surface area contributed by atoms with Gasteiger partial charge in [0, 0.05) is 25.9 Å². The zero-order valence-corrected chi connectivity index (χ0v) is 15.8. The first-order valence-corrected chi connectivity index (χ1v) is 10.4. The van der Waals surface area contributed by atoms with Crippen LogP contribution in [0.1, 0.15) is 87.7 Å². The van der Waals surface area contributed by atoms with Gasteiger partial charge in [0.15, 0.2) is 0 Å². The summed E-state index contributed by atoms with van der Waals surface area (Å²) in [6.45, 7) is 1.78. The average molecular weight is 360 g/mol. The van der Waals surface area contributed by atoms with E-state index >= 15 is 0 Å². The monoisotopic (exact) mass is 360 g/mol. The highest BCUT2D eigenvalue weighted by Gasteiger charge is 2.24. The zero-order chi connectivity index (χ0) is 18.2. The summed E-state index contributed by atoms with van der Waals surface area (Å²) in [6.07, 6.45) is 16.1. The molecule has 0 aromatic carbocycles. The summed E-state index contributed by atoms with van der Waals surface area (Å²) >= 11 is 0. The third-order valence-electron chi connectivity index (χ3n) is 6.15. The van der Waals surface area contributed by atoms with Crippen LogP contribution in [0.5, 0.6) is 0 Å². The second kappa shape index (κ2) is 9.89. The van der Waals surface area contributed by atoms with Crippen molar-refractivity contribution in [1.29, 1.82) is 0 Å². The van der Waals surface area contributed by atoms with Gasteiger partial charge in [0.25, 0.3) is 5.89 Å². The first-order chi connectivity index (χ1) is 12.7. The second-order valence-electron chi connectivity index (χ2n) is 8.02. The number of hydrogen-bond acceptors (Lipinski definition) is 4. The van der Waals surface area contributed by atoms with Crippen molar-refractivity contribution in [3.63, 3.8) is 0 Å². The molecular formula is C21H32N2O3. The van der Waals surface area contributed by atoms with Crippen LogP contribution in [0.3, 0.4) is 0 Å². The molecule has 0 atom stereocenters. The van der Waals surface area contributed by atoms with Crippen LogP contribution in [0.4, 0.5) is 0 Å². The maximum atomic E-state index is 12.4. The Labute approximate surface area is 156 Å². The average Bonchev–Trinajstić information content (AvgIpc) is 3.22. The molecule has 1 aromatic rings. The molecule has 26 heavy (non-hydrogen) atoms. The number of likely N-dealkylation sites (tertiary alicyclic amines) is 1. The van der Waals surface area contributed by atoms with E-state index in [4.69, 9.17) is 4.42 Å². The summed E-state index contributed by atoms with van der Waals surface area (Å²) in [7, 11) is 0. The maximum absolute atomic E-state index is 12.4. The molecule has 1 saturated carbocycles. The van der Waals surface area contributed by atoms with E-state index in [0.29, 0.717) is 18.2 Å². The largest absolute Gasteiger partial charge is 0.442 e. The lowest BCUT2D eigenvalue weighted by Crippen LogP contribution is -2.38. The predicted octanol–water partition coefficient (Wildman–Crippen LogP) is 4.63. The van der Waals surface area contributed by atoms with Gasteiger partial charge in [-0.15, -0.1) is 0 Å². The summed E-state index contributed by atoms with van der Waals surface area (Å²) < 4.78 is 5.04. The first-order valence-electron chi connectivity index (χ1n) is 10.4. The number of Topliss-reactive ketones (excluding diaryl/α,β-unsaturated/α-hetero) is 1. The molecule has 0 bridgehead atoms. The fourth-order valence-corrected chi connectivity index (χ4v) is 4.45. The van der Waals surface area contributed by atoms with Crippen LogP contribution in [0.15, 0.2) is 16.9 Å². The fraction of sp³-hybridized carbons (Fsp3) is 0.762. The number of carbonyl (C=O) groups is 2. The summed E-state index contributed by atoms with van der Waals surface area (Å²) in [5.74, 6) is 1.99. The Kier molecular flexibility index (Phi) is 7.27. The highest BCUT2D eigenvalue weighted by Crippen LogP contribution is 2.28. The molecule has 0 radical (unpaired) electrons. The van der Waals surface area contributed by atoms with Gasteiger partial charge in [0.2, 0.25) is 11.7 Å². The van der Waals surface area contributed by atoms with Crippen molar-refractivity contribution < 1.29 is 14.0 Å². The Hall–Kier alpha value is -1.65. The van der Waals surface area contributed by atoms with Crippen LogP contribution in [0.25, 0.3) is 0 Å². The van der Waals surface area contributed by atoms with Gasteiger partial charge in [-0.3, -0.25) is 9.59 Å². The number of ketones is 1. The standard InChI is InChI=1S/C21H32N2O3/c24-19(21-22-13-16-26-21)8-4-7-18-11-14-23(15-12-18)20(25)10-9-17-5-2-1-3-6-17/h13,16-18H,1-12,14-15H2. The topological polar surface area (TPSA) is 63.4 Å². The molecule has 1 aliphatic heterocycles. The lowest BCUT2D eigenvalue weighted by atomic mass is 9.86. The molecule has 144 valence electrons. The number of hydrogen-bond donors (Lipinski definition) is 0. The molecule has 2 fully saturated rings. The van der Waals surface area contributed by atoms with E-state index in [2.05, 4.69) is 9.88 Å². The molecule has 2 heterocycles. The van der Waals surface area contributed by atoms with Crippen molar-refractivity contribution in [2.24, 2.45) is 11.8 Å². The summed E-state index contributed by atoms with van der Waals surface area (Å²) in [5.41, 5.74) is 0. The SMILES string of the molecule is O=C(CCCC1CCN(C(=O)CCC2CCCCC2)CC1)c1ncco1. The Bertz CT molecular complexity index is 556. The van der Waals surface area contributed by atoms with Crippen LogP contribution in [0, 0.1) is 11.8 Å². The van der Waals surface area contributed by atoms with Crippen molar-refractivity contribution >= 4 is 11.7 Å². The smallest absolute Gasteiger partial charge is 0.263 e. The molecule has 5 nitrogen and oxygen atoms in total. The Morgan fingerprint density at radius 2 is 1.73 bits per heavy atom. The van der Waals surface area contributed by atoms with Gasteiger partial charge in [-0.25, -0.2) is 4.98 Å². The fourth-order valence-electron chi connectivity index (χ4n) is 4.45. The van der Waals surface area contributed by atoms with Crippen molar-refractivity contribution in [3.05, 3.63) is 18.4 Å². The van der Waals surface area contributed by atoms with Crippen LogP contribution < -0.4 is 0 Å². The molecule has 0 spiro atoms. The van der Waals surface area contributed by atoms with E-state index in [1.165, 1.54) is 44.6 Å². The van der Waals surface area contributed by atoms with E-state index in [1.54, 1.807) is 0 Å². The summed E-state index contributed by atoms with van der Waals surface area (Å²) in [6, 6.07) is 0. The van der Waals surface area contributed by atoms with E-state index in [0.717, 1.165) is 57.5 Å². The highest BCUT2D eigenvalue weighted by molar-refractivity contribution is 5.91. The van der Waals surface area contributed by atoms with Gasteiger partial charge in [0.1, 0.15) is 6.26 Å². The number of piperidine rings is 1. The quantitative estimate of drug-likeness (QED) is 0.634. The van der Waals surface area contributed by atoms with Gasteiger partial charge in [-0.2, -0.15) is 0 Å². The van der Waals surface area contributed by atoms with Gasteiger partial charge in [-0.1, -0.05) is 32.1 Å². The van der Waals surface area contributed by atoms with Crippen molar-refractivity contribution in [3.8, 4) is 0 Å². The van der Waals surface area contributed by atoms with Crippen molar-refractivity contribution in [1.82, 2.24) is 9.88 Å². The highest BCUT2D eigenvalue weighted by atomic mass is 16.3. The minimum absolute atomic E-state index is 0.00896. The molecular weight excluding hydrogens is 328 g/mol. The number of nitrogens with zero attached hydrogens (tertiary/aromatic N) is 2. The minimum atomic E-state index is -0.00896. The Balaban J connectivity index is 1.28. The second-order valence-corrected chi connectivity index (χ2v) is 8.02. The maximum Gasteiger partial charge on any atom is 0.263 e. The minimum Gasteiger partial charge on any atom is -0.442 e. The molecule has 0 N–H and O–H groups in total. The normalized spacial score (nSPS) is 19.6. The molecule has 1 amide bonds. The third kappa shape index (κ3) is 5.68. The van der Waals surface area contributed by atoms with Crippen molar-refractivity contribution in [2.45, 2.75) is 77.0 Å². The number of rotatable bonds is 8. The van der Waals surface area contributed by atoms with E-state index < -0.39 is 0 Å². The third-order valence-corrected chi connectivity index (χ3v) is 6.15. The van der Waals surface area contributed by atoms with E-state index in [1.807, 2.05) is 0 Å². The van der Waals surface area contributed by atoms with Crippen LogP contribution in [-0.2, 0) is 4.79 Å². The lowest BCUT2D eigenvalue weighted by Gasteiger charge is -2.32. The summed E-state index contributed by atoms with van der Waals surface area (Å²) in [5, 5.41) is 0. The molecule has 1 aliphatic carbocycles. The molecule has 5 heteroatoms. The van der Waals surface area contributed by atoms with Gasteiger partial charge in [-0.05, 0) is 43.9 Å².